The first-order valence-corrected chi connectivity index (χ1v) is 8.26. The first-order chi connectivity index (χ1) is 10.8. The Morgan fingerprint density at radius 1 is 1.00 bits per heavy atom. The van der Waals surface area contributed by atoms with E-state index >= 15 is 0 Å². The number of rotatable bonds is 5. The third-order valence-corrected chi connectivity index (χ3v) is 4.65. The maximum absolute atomic E-state index is 12.0. The van der Waals surface area contributed by atoms with Gasteiger partial charge in [-0.05, 0) is 24.8 Å². The van der Waals surface area contributed by atoms with E-state index in [1.807, 2.05) is 18.2 Å². The molecular formula is C18H23NO3. The van der Waals surface area contributed by atoms with Crippen LogP contribution < -0.4 is 0 Å². The van der Waals surface area contributed by atoms with E-state index in [0.717, 1.165) is 32.1 Å². The molecule has 4 heteroatoms. The highest BCUT2D eigenvalue weighted by molar-refractivity contribution is 6.02. The summed E-state index contributed by atoms with van der Waals surface area (Å²) in [7, 11) is 0. The number of ether oxygens (including phenoxy) is 1. The highest BCUT2D eigenvalue weighted by atomic mass is 16.5. The number of carbonyl (C=O) groups excluding carboxylic acids is 2. The lowest BCUT2D eigenvalue weighted by Gasteiger charge is -2.36. The molecule has 1 aliphatic carbocycles. The number of benzene rings is 1. The number of carbonyl (C=O) groups is 2. The largest absolute Gasteiger partial charge is 0.376 e. The zero-order valence-electron chi connectivity index (χ0n) is 12.9. The fraction of sp³-hybridized carbons (Fsp3) is 0.556. The van der Waals surface area contributed by atoms with Crippen LogP contribution in [0, 0.1) is 0 Å². The molecule has 3 rings (SSSR count). The van der Waals surface area contributed by atoms with Crippen molar-refractivity contribution in [3.8, 4) is 0 Å². The molecule has 1 saturated heterocycles. The van der Waals surface area contributed by atoms with Crippen LogP contribution in [0.15, 0.2) is 30.3 Å². The van der Waals surface area contributed by atoms with Crippen LogP contribution in [0.3, 0.4) is 0 Å². The Bertz CT molecular complexity index is 512. The predicted octanol–water partition coefficient (Wildman–Crippen LogP) is 2.71. The summed E-state index contributed by atoms with van der Waals surface area (Å²) >= 11 is 0. The van der Waals surface area contributed by atoms with Crippen molar-refractivity contribution < 1.29 is 14.3 Å². The summed E-state index contributed by atoms with van der Waals surface area (Å²) in [6, 6.07) is 10.2. The number of nitrogens with zero attached hydrogens (tertiary/aromatic N) is 1. The third kappa shape index (κ3) is 3.38. The summed E-state index contributed by atoms with van der Waals surface area (Å²) in [5.41, 5.74) is 1.25. The third-order valence-electron chi connectivity index (χ3n) is 4.65. The number of hydrogen-bond donors (Lipinski definition) is 0. The fourth-order valence-electron chi connectivity index (χ4n) is 3.50. The van der Waals surface area contributed by atoms with Crippen molar-refractivity contribution in [2.75, 3.05) is 6.61 Å². The van der Waals surface area contributed by atoms with Crippen molar-refractivity contribution in [1.82, 2.24) is 4.90 Å². The molecule has 1 saturated carbocycles. The monoisotopic (exact) mass is 301 g/mol. The Kier molecular flexibility index (Phi) is 4.88. The van der Waals surface area contributed by atoms with Gasteiger partial charge in [-0.1, -0.05) is 43.2 Å². The summed E-state index contributed by atoms with van der Waals surface area (Å²) in [6.07, 6.45) is 5.61. The Morgan fingerprint density at radius 2 is 1.68 bits per heavy atom. The second-order valence-corrected chi connectivity index (χ2v) is 6.15. The second kappa shape index (κ2) is 7.05. The predicted molar refractivity (Wildman–Crippen MR) is 83.2 cm³/mol. The number of likely N-dealkylation sites (tertiary alicyclic amines) is 1. The van der Waals surface area contributed by atoms with Crippen molar-refractivity contribution in [2.45, 2.75) is 57.1 Å². The van der Waals surface area contributed by atoms with E-state index in [1.165, 1.54) is 10.5 Å². The lowest BCUT2D eigenvalue weighted by Crippen LogP contribution is -2.49. The molecule has 0 bridgehead atoms. The van der Waals surface area contributed by atoms with E-state index in [-0.39, 0.29) is 24.0 Å². The van der Waals surface area contributed by atoms with Gasteiger partial charge in [0, 0.05) is 12.8 Å². The van der Waals surface area contributed by atoms with Crippen molar-refractivity contribution in [2.24, 2.45) is 0 Å². The minimum Gasteiger partial charge on any atom is -0.376 e. The van der Waals surface area contributed by atoms with Crippen LogP contribution >= 0.6 is 0 Å². The van der Waals surface area contributed by atoms with Gasteiger partial charge in [0.25, 0.3) is 0 Å². The molecule has 2 fully saturated rings. The molecule has 2 atom stereocenters. The van der Waals surface area contributed by atoms with E-state index in [9.17, 15) is 9.59 Å². The summed E-state index contributed by atoms with van der Waals surface area (Å²) in [4.78, 5) is 25.4. The Hall–Kier alpha value is -1.68. The lowest BCUT2D eigenvalue weighted by molar-refractivity contribution is -0.147. The van der Waals surface area contributed by atoms with Crippen LogP contribution in [-0.4, -0.2) is 35.5 Å². The molecule has 4 nitrogen and oxygen atoms in total. The molecule has 1 aliphatic heterocycles. The normalized spacial score (nSPS) is 25.7. The van der Waals surface area contributed by atoms with E-state index in [4.69, 9.17) is 4.74 Å². The van der Waals surface area contributed by atoms with Gasteiger partial charge < -0.3 is 4.74 Å². The molecule has 22 heavy (non-hydrogen) atoms. The molecule has 1 aromatic rings. The van der Waals surface area contributed by atoms with E-state index in [0.29, 0.717) is 19.4 Å². The molecule has 1 aromatic carbocycles. The van der Waals surface area contributed by atoms with Gasteiger partial charge >= 0.3 is 0 Å². The van der Waals surface area contributed by atoms with Gasteiger partial charge in [-0.2, -0.15) is 0 Å². The van der Waals surface area contributed by atoms with Crippen molar-refractivity contribution in [3.63, 3.8) is 0 Å². The minimum absolute atomic E-state index is 0.00321. The molecular weight excluding hydrogens is 278 g/mol. The summed E-state index contributed by atoms with van der Waals surface area (Å²) in [6.45, 7) is 0.640. The van der Waals surface area contributed by atoms with Gasteiger partial charge in [0.15, 0.2) is 0 Å². The SMILES string of the molecule is O=C1CCC(=O)N1C1CCCC[C@H]1OCCc1ccccc1. The van der Waals surface area contributed by atoms with Gasteiger partial charge in [0.1, 0.15) is 0 Å². The number of imide groups is 1. The van der Waals surface area contributed by atoms with Crippen LogP contribution in [0.1, 0.15) is 44.1 Å². The van der Waals surface area contributed by atoms with Crippen molar-refractivity contribution in [1.29, 1.82) is 0 Å². The maximum Gasteiger partial charge on any atom is 0.230 e. The molecule has 0 N–H and O–H groups in total. The van der Waals surface area contributed by atoms with E-state index in [2.05, 4.69) is 12.1 Å². The molecule has 0 aromatic heterocycles. The average molecular weight is 301 g/mol. The molecule has 2 amide bonds. The van der Waals surface area contributed by atoms with Crippen molar-refractivity contribution in [3.05, 3.63) is 35.9 Å². The van der Waals surface area contributed by atoms with Crippen molar-refractivity contribution >= 4 is 11.8 Å². The molecule has 2 aliphatic rings. The van der Waals surface area contributed by atoms with Crippen LogP contribution in [-0.2, 0) is 20.7 Å². The molecule has 118 valence electrons. The Morgan fingerprint density at radius 3 is 2.41 bits per heavy atom. The highest BCUT2D eigenvalue weighted by Gasteiger charge is 2.40. The lowest BCUT2D eigenvalue weighted by atomic mass is 9.91. The average Bonchev–Trinajstić information content (AvgIpc) is 2.88. The van der Waals surface area contributed by atoms with Gasteiger partial charge in [0.2, 0.25) is 11.8 Å². The van der Waals surface area contributed by atoms with Crippen LogP contribution in [0.5, 0.6) is 0 Å². The van der Waals surface area contributed by atoms with E-state index in [1.54, 1.807) is 0 Å². The minimum atomic E-state index is -0.0491. The van der Waals surface area contributed by atoms with Crippen LogP contribution in [0.25, 0.3) is 0 Å². The van der Waals surface area contributed by atoms with E-state index < -0.39 is 0 Å². The number of hydrogen-bond acceptors (Lipinski definition) is 3. The molecule has 1 unspecified atom stereocenters. The molecule has 0 spiro atoms. The zero-order chi connectivity index (χ0) is 15.4. The van der Waals surface area contributed by atoms with Crippen LogP contribution in [0.4, 0.5) is 0 Å². The van der Waals surface area contributed by atoms with Crippen LogP contribution in [0.2, 0.25) is 0 Å². The standard InChI is InChI=1S/C18H23NO3/c20-17-10-11-18(21)19(17)15-8-4-5-9-16(15)22-13-12-14-6-2-1-3-7-14/h1-3,6-7,15-16H,4-5,8-13H2/t15?,16-/m1/s1. The molecule has 0 radical (unpaired) electrons. The van der Waals surface area contributed by atoms with Gasteiger partial charge in [-0.3, -0.25) is 14.5 Å². The quantitative estimate of drug-likeness (QED) is 0.786. The smallest absolute Gasteiger partial charge is 0.230 e. The summed E-state index contributed by atoms with van der Waals surface area (Å²) < 4.78 is 6.06. The highest BCUT2D eigenvalue weighted by Crippen LogP contribution is 2.29. The second-order valence-electron chi connectivity index (χ2n) is 6.15. The maximum atomic E-state index is 12.0. The summed E-state index contributed by atoms with van der Waals surface area (Å²) in [5, 5.41) is 0. The fourth-order valence-corrected chi connectivity index (χ4v) is 3.50. The molecule has 1 heterocycles. The summed E-state index contributed by atoms with van der Waals surface area (Å²) in [5.74, 6) is -0.0397. The Balaban J connectivity index is 1.58. The zero-order valence-corrected chi connectivity index (χ0v) is 12.9. The first-order valence-electron chi connectivity index (χ1n) is 8.26. The van der Waals surface area contributed by atoms with Gasteiger partial charge in [-0.15, -0.1) is 0 Å². The van der Waals surface area contributed by atoms with Gasteiger partial charge in [0.05, 0.1) is 18.8 Å². The topological polar surface area (TPSA) is 46.6 Å². The number of amides is 2. The van der Waals surface area contributed by atoms with Gasteiger partial charge in [-0.25, -0.2) is 0 Å². The Labute approximate surface area is 131 Å². The first kappa shape index (κ1) is 15.2.